The molecule has 1 heterocycles. The number of morpholine rings is 1. The van der Waals surface area contributed by atoms with E-state index in [1.165, 1.54) is 0 Å². The van der Waals surface area contributed by atoms with Crippen LogP contribution in [0.3, 0.4) is 0 Å². The first-order valence-corrected chi connectivity index (χ1v) is 9.54. The van der Waals surface area contributed by atoms with Crippen molar-refractivity contribution in [1.29, 1.82) is 5.26 Å². The van der Waals surface area contributed by atoms with Crippen molar-refractivity contribution in [3.05, 3.63) is 59.7 Å². The van der Waals surface area contributed by atoms with Crippen LogP contribution in [0.25, 0.3) is 0 Å². The highest BCUT2D eigenvalue weighted by atomic mass is 16.5. The van der Waals surface area contributed by atoms with Gasteiger partial charge in [-0.3, -0.25) is 4.79 Å². The lowest BCUT2D eigenvalue weighted by atomic mass is 10.1. The highest BCUT2D eigenvalue weighted by molar-refractivity contribution is 5.91. The largest absolute Gasteiger partial charge is 0.378 e. The molecule has 1 fully saturated rings. The molecule has 1 N–H and O–H groups in total. The van der Waals surface area contributed by atoms with E-state index >= 15 is 0 Å². The van der Waals surface area contributed by atoms with Crippen molar-refractivity contribution in [3.8, 4) is 6.07 Å². The van der Waals surface area contributed by atoms with Crippen LogP contribution in [0, 0.1) is 11.3 Å². The molecule has 1 aliphatic rings. The number of carbonyl (C=O) groups is 1. The van der Waals surface area contributed by atoms with E-state index in [1.54, 1.807) is 6.07 Å². The number of anilines is 2. The first kappa shape index (κ1) is 19.9. The molecule has 146 valence electrons. The molecule has 28 heavy (non-hydrogen) atoms. The van der Waals surface area contributed by atoms with Gasteiger partial charge in [0, 0.05) is 44.0 Å². The molecule has 0 aromatic heterocycles. The first-order chi connectivity index (χ1) is 13.6. The van der Waals surface area contributed by atoms with Crippen LogP contribution in [-0.4, -0.2) is 50.7 Å². The van der Waals surface area contributed by atoms with Gasteiger partial charge < -0.3 is 19.9 Å². The number of nitrogens with zero attached hydrogens (tertiary/aromatic N) is 3. The number of hydrogen-bond acceptors (Lipinski definition) is 5. The SMILES string of the molecule is CN(CCC(=O)Nc1ccc(N2CCOCC2)cc1)Cc1cccc(C#N)c1. The summed E-state index contributed by atoms with van der Waals surface area (Å²) in [5.41, 5.74) is 3.69. The summed E-state index contributed by atoms with van der Waals surface area (Å²) >= 11 is 0. The van der Waals surface area contributed by atoms with Gasteiger partial charge in [-0.15, -0.1) is 0 Å². The molecule has 0 aliphatic carbocycles. The van der Waals surface area contributed by atoms with Crippen molar-refractivity contribution >= 4 is 17.3 Å². The lowest BCUT2D eigenvalue weighted by Crippen LogP contribution is -2.36. The van der Waals surface area contributed by atoms with Gasteiger partial charge in [-0.1, -0.05) is 12.1 Å². The third-order valence-corrected chi connectivity index (χ3v) is 4.76. The number of benzene rings is 2. The average molecular weight is 378 g/mol. The Morgan fingerprint density at radius 2 is 1.96 bits per heavy atom. The second kappa shape index (κ2) is 9.88. The number of nitriles is 1. The monoisotopic (exact) mass is 378 g/mol. The molecular weight excluding hydrogens is 352 g/mol. The minimum absolute atomic E-state index is 0.00301. The van der Waals surface area contributed by atoms with E-state index in [0.29, 0.717) is 25.1 Å². The van der Waals surface area contributed by atoms with Gasteiger partial charge in [0.25, 0.3) is 0 Å². The fourth-order valence-electron chi connectivity index (χ4n) is 3.22. The van der Waals surface area contributed by atoms with Gasteiger partial charge >= 0.3 is 0 Å². The maximum absolute atomic E-state index is 12.2. The van der Waals surface area contributed by atoms with Crippen molar-refractivity contribution in [2.75, 3.05) is 50.1 Å². The topological polar surface area (TPSA) is 68.6 Å². The second-order valence-corrected chi connectivity index (χ2v) is 6.99. The molecule has 0 spiro atoms. The summed E-state index contributed by atoms with van der Waals surface area (Å²) < 4.78 is 5.38. The molecule has 0 bridgehead atoms. The maximum atomic E-state index is 12.2. The third kappa shape index (κ3) is 5.81. The fraction of sp³-hybridized carbons (Fsp3) is 0.364. The van der Waals surface area contributed by atoms with Crippen LogP contribution >= 0.6 is 0 Å². The van der Waals surface area contributed by atoms with Gasteiger partial charge in [-0.05, 0) is 49.0 Å². The number of rotatable bonds is 7. The van der Waals surface area contributed by atoms with Gasteiger partial charge in [-0.2, -0.15) is 5.26 Å². The average Bonchev–Trinajstić information content (AvgIpc) is 2.73. The van der Waals surface area contributed by atoms with Gasteiger partial charge in [0.1, 0.15) is 0 Å². The molecule has 1 saturated heterocycles. The Balaban J connectivity index is 1.44. The van der Waals surface area contributed by atoms with Crippen molar-refractivity contribution in [3.63, 3.8) is 0 Å². The summed E-state index contributed by atoms with van der Waals surface area (Å²) in [6.45, 7) is 4.66. The summed E-state index contributed by atoms with van der Waals surface area (Å²) in [6, 6.07) is 17.7. The Morgan fingerprint density at radius 1 is 1.21 bits per heavy atom. The van der Waals surface area contributed by atoms with Crippen molar-refractivity contribution in [2.24, 2.45) is 0 Å². The maximum Gasteiger partial charge on any atom is 0.225 e. The molecule has 2 aromatic carbocycles. The van der Waals surface area contributed by atoms with Crippen LogP contribution in [0.15, 0.2) is 48.5 Å². The molecule has 1 amide bonds. The summed E-state index contributed by atoms with van der Waals surface area (Å²) in [4.78, 5) is 16.6. The van der Waals surface area contributed by atoms with Crippen molar-refractivity contribution < 1.29 is 9.53 Å². The van der Waals surface area contributed by atoms with Crippen molar-refractivity contribution in [2.45, 2.75) is 13.0 Å². The number of hydrogen-bond donors (Lipinski definition) is 1. The summed E-state index contributed by atoms with van der Waals surface area (Å²) in [5.74, 6) is -0.00301. The Bertz CT molecular complexity index is 823. The van der Waals surface area contributed by atoms with Crippen LogP contribution in [0.4, 0.5) is 11.4 Å². The number of amides is 1. The Morgan fingerprint density at radius 3 is 2.68 bits per heavy atom. The molecule has 0 radical (unpaired) electrons. The third-order valence-electron chi connectivity index (χ3n) is 4.76. The van der Waals surface area contributed by atoms with Gasteiger partial charge in [0.15, 0.2) is 0 Å². The van der Waals surface area contributed by atoms with Crippen LogP contribution in [0.5, 0.6) is 0 Å². The zero-order chi connectivity index (χ0) is 19.8. The summed E-state index contributed by atoms with van der Waals surface area (Å²) in [5, 5.41) is 11.9. The quantitative estimate of drug-likeness (QED) is 0.802. The molecule has 6 heteroatoms. The molecule has 6 nitrogen and oxygen atoms in total. The fourth-order valence-corrected chi connectivity index (χ4v) is 3.22. The minimum atomic E-state index is -0.00301. The van der Waals surface area contributed by atoms with E-state index in [2.05, 4.69) is 21.2 Å². The summed E-state index contributed by atoms with van der Waals surface area (Å²) in [7, 11) is 1.98. The highest BCUT2D eigenvalue weighted by Gasteiger charge is 2.11. The van der Waals surface area contributed by atoms with Crippen LogP contribution in [-0.2, 0) is 16.1 Å². The van der Waals surface area contributed by atoms with E-state index in [1.807, 2.05) is 49.5 Å². The lowest BCUT2D eigenvalue weighted by molar-refractivity contribution is -0.116. The number of nitrogens with one attached hydrogen (secondary N) is 1. The van der Waals surface area contributed by atoms with Crippen LogP contribution in [0.2, 0.25) is 0 Å². The zero-order valence-corrected chi connectivity index (χ0v) is 16.2. The number of ether oxygens (including phenoxy) is 1. The van der Waals surface area contributed by atoms with E-state index in [4.69, 9.17) is 10.00 Å². The molecule has 3 rings (SSSR count). The van der Waals surface area contributed by atoms with Crippen molar-refractivity contribution in [1.82, 2.24) is 4.90 Å². The van der Waals surface area contributed by atoms with Gasteiger partial charge in [0.2, 0.25) is 5.91 Å². The predicted molar refractivity (Wildman–Crippen MR) is 110 cm³/mol. The van der Waals surface area contributed by atoms with Gasteiger partial charge in [-0.25, -0.2) is 0 Å². The normalized spacial score (nSPS) is 14.0. The molecule has 0 saturated carbocycles. The second-order valence-electron chi connectivity index (χ2n) is 6.99. The van der Waals surface area contributed by atoms with E-state index in [9.17, 15) is 4.79 Å². The smallest absolute Gasteiger partial charge is 0.225 e. The Labute approximate surface area is 166 Å². The Hall–Kier alpha value is -2.88. The van der Waals surface area contributed by atoms with Gasteiger partial charge in [0.05, 0.1) is 24.8 Å². The summed E-state index contributed by atoms with van der Waals surface area (Å²) in [6.07, 6.45) is 0.416. The lowest BCUT2D eigenvalue weighted by Gasteiger charge is -2.28. The standard InChI is InChI=1S/C22H26N4O2/c1-25(17-19-4-2-3-18(15-19)16-23)10-9-22(27)24-20-5-7-21(8-6-20)26-11-13-28-14-12-26/h2-8,15H,9-14,17H2,1H3,(H,24,27). The van der Waals surface area contributed by atoms with Crippen LogP contribution < -0.4 is 10.2 Å². The molecule has 0 unspecified atom stereocenters. The molecule has 1 aliphatic heterocycles. The zero-order valence-electron chi connectivity index (χ0n) is 16.2. The molecule has 2 aromatic rings. The molecular formula is C22H26N4O2. The minimum Gasteiger partial charge on any atom is -0.378 e. The number of carbonyl (C=O) groups excluding carboxylic acids is 1. The molecule has 0 atom stereocenters. The van der Waals surface area contributed by atoms with E-state index < -0.39 is 0 Å². The highest BCUT2D eigenvalue weighted by Crippen LogP contribution is 2.19. The Kier molecular flexibility index (Phi) is 7.01. The van der Waals surface area contributed by atoms with E-state index in [-0.39, 0.29) is 5.91 Å². The first-order valence-electron chi connectivity index (χ1n) is 9.54. The predicted octanol–water partition coefficient (Wildman–Crippen LogP) is 2.86. The van der Waals surface area contributed by atoms with E-state index in [0.717, 1.165) is 43.2 Å². The van der Waals surface area contributed by atoms with Crippen LogP contribution in [0.1, 0.15) is 17.5 Å².